The second kappa shape index (κ2) is 8.03. The predicted molar refractivity (Wildman–Crippen MR) is 85.5 cm³/mol. The third-order valence-electron chi connectivity index (χ3n) is 3.00. The van der Waals surface area contributed by atoms with Gasteiger partial charge in [0.25, 0.3) is 0 Å². The van der Waals surface area contributed by atoms with E-state index in [1.54, 1.807) is 0 Å². The van der Waals surface area contributed by atoms with E-state index in [0.29, 0.717) is 12.1 Å². The fourth-order valence-corrected chi connectivity index (χ4v) is 2.03. The van der Waals surface area contributed by atoms with Crippen LogP contribution in [0.3, 0.4) is 0 Å². The highest BCUT2D eigenvalue weighted by Gasteiger charge is 2.17. The fraction of sp³-hybridized carbons (Fsp3) is 0.588. The van der Waals surface area contributed by atoms with Gasteiger partial charge in [-0.3, -0.25) is 5.32 Å². The van der Waals surface area contributed by atoms with Crippen molar-refractivity contribution >= 4 is 11.8 Å². The van der Waals surface area contributed by atoms with E-state index >= 15 is 0 Å². The molecule has 1 atom stereocenters. The number of amides is 1. The Morgan fingerprint density at radius 3 is 2.62 bits per heavy atom. The average Bonchev–Trinajstić information content (AvgIpc) is 2.36. The Morgan fingerprint density at radius 2 is 2.00 bits per heavy atom. The Bertz CT molecular complexity index is 452. The summed E-state index contributed by atoms with van der Waals surface area (Å²) in [7, 11) is 0. The Balaban J connectivity index is 2.68. The van der Waals surface area contributed by atoms with Crippen molar-refractivity contribution < 1.29 is 14.6 Å². The summed E-state index contributed by atoms with van der Waals surface area (Å²) in [5.74, 6) is 0. The van der Waals surface area contributed by atoms with Crippen molar-refractivity contribution in [1.82, 2.24) is 0 Å². The smallest absolute Gasteiger partial charge is 0.412 e. The van der Waals surface area contributed by atoms with Crippen molar-refractivity contribution in [2.24, 2.45) is 0 Å². The van der Waals surface area contributed by atoms with E-state index in [0.717, 1.165) is 24.8 Å². The quantitative estimate of drug-likeness (QED) is 0.829. The third kappa shape index (κ3) is 7.14. The van der Waals surface area contributed by atoms with Crippen LogP contribution in [0.1, 0.15) is 52.5 Å². The number of para-hydroxylation sites is 1. The third-order valence-corrected chi connectivity index (χ3v) is 3.00. The van der Waals surface area contributed by atoms with Crippen molar-refractivity contribution in [1.29, 1.82) is 0 Å². The fourth-order valence-electron chi connectivity index (χ4n) is 2.03. The molecule has 118 valence electrons. The first-order chi connectivity index (χ1) is 9.81. The van der Waals surface area contributed by atoms with E-state index in [-0.39, 0.29) is 6.10 Å². The van der Waals surface area contributed by atoms with Gasteiger partial charge in [-0.1, -0.05) is 38.0 Å². The van der Waals surface area contributed by atoms with Gasteiger partial charge in [0, 0.05) is 12.1 Å². The average molecular weight is 293 g/mol. The second-order valence-corrected chi connectivity index (χ2v) is 6.28. The lowest BCUT2D eigenvalue weighted by Gasteiger charge is -2.21. The lowest BCUT2D eigenvalue weighted by atomic mass is 10.0. The maximum absolute atomic E-state index is 11.8. The van der Waals surface area contributed by atoms with Gasteiger partial charge in [0.15, 0.2) is 0 Å². The number of aliphatic hydroxyl groups is 1. The topological polar surface area (TPSA) is 58.6 Å². The number of nitrogens with one attached hydrogen (secondary N) is 1. The maximum Gasteiger partial charge on any atom is 0.412 e. The van der Waals surface area contributed by atoms with Crippen molar-refractivity contribution in [3.8, 4) is 0 Å². The minimum atomic E-state index is -0.528. The molecular weight excluding hydrogens is 266 g/mol. The molecule has 0 saturated heterocycles. The van der Waals surface area contributed by atoms with Gasteiger partial charge in [-0.25, -0.2) is 4.79 Å². The van der Waals surface area contributed by atoms with Crippen LogP contribution in [0.2, 0.25) is 0 Å². The zero-order valence-electron chi connectivity index (χ0n) is 13.5. The zero-order valence-corrected chi connectivity index (χ0v) is 13.5. The molecule has 4 heteroatoms. The molecule has 1 aromatic rings. The Labute approximate surface area is 127 Å². The number of ether oxygens (including phenoxy) is 1. The molecule has 4 nitrogen and oxygen atoms in total. The lowest BCUT2D eigenvalue weighted by molar-refractivity contribution is 0.0635. The first-order valence-corrected chi connectivity index (χ1v) is 7.58. The molecule has 2 N–H and O–H groups in total. The lowest BCUT2D eigenvalue weighted by Crippen LogP contribution is -2.27. The van der Waals surface area contributed by atoms with E-state index in [1.807, 2.05) is 45.0 Å². The monoisotopic (exact) mass is 293 g/mol. The second-order valence-electron chi connectivity index (χ2n) is 6.28. The van der Waals surface area contributed by atoms with Gasteiger partial charge in [0.05, 0.1) is 6.10 Å². The molecule has 0 aliphatic rings. The van der Waals surface area contributed by atoms with Crippen molar-refractivity contribution in [3.05, 3.63) is 29.8 Å². The summed E-state index contributed by atoms with van der Waals surface area (Å²) in [5, 5.41) is 12.8. The number of hydrogen-bond acceptors (Lipinski definition) is 3. The summed E-state index contributed by atoms with van der Waals surface area (Å²) < 4.78 is 5.25. The number of benzene rings is 1. The van der Waals surface area contributed by atoms with E-state index in [2.05, 4.69) is 12.2 Å². The van der Waals surface area contributed by atoms with Gasteiger partial charge in [0.2, 0.25) is 0 Å². The summed E-state index contributed by atoms with van der Waals surface area (Å²) in [6, 6.07) is 7.50. The van der Waals surface area contributed by atoms with Crippen LogP contribution in [0.15, 0.2) is 24.3 Å². The highest BCUT2D eigenvalue weighted by molar-refractivity contribution is 5.85. The molecule has 0 fully saturated rings. The Hall–Kier alpha value is -1.55. The van der Waals surface area contributed by atoms with Crippen LogP contribution >= 0.6 is 0 Å². The summed E-state index contributed by atoms with van der Waals surface area (Å²) in [6.45, 7) is 7.58. The number of carbonyl (C=O) groups is 1. The van der Waals surface area contributed by atoms with Crippen LogP contribution in [0.5, 0.6) is 0 Å². The Morgan fingerprint density at radius 1 is 1.33 bits per heavy atom. The van der Waals surface area contributed by atoms with E-state index in [9.17, 15) is 9.90 Å². The predicted octanol–water partition coefficient (Wildman–Crippen LogP) is 4.13. The normalized spacial score (nSPS) is 12.8. The van der Waals surface area contributed by atoms with Gasteiger partial charge in [-0.2, -0.15) is 0 Å². The number of carbonyl (C=O) groups excluding carboxylic acids is 1. The molecule has 0 bridgehead atoms. The van der Waals surface area contributed by atoms with Crippen LogP contribution in [0.25, 0.3) is 0 Å². The molecule has 0 heterocycles. The van der Waals surface area contributed by atoms with Crippen LogP contribution in [0.4, 0.5) is 10.5 Å². The molecule has 0 radical (unpaired) electrons. The molecule has 1 rings (SSSR count). The first-order valence-electron chi connectivity index (χ1n) is 7.58. The van der Waals surface area contributed by atoms with Crippen LogP contribution in [0, 0.1) is 0 Å². The molecule has 0 unspecified atom stereocenters. The number of anilines is 1. The summed E-state index contributed by atoms with van der Waals surface area (Å²) in [6.07, 6.45) is 2.52. The summed E-state index contributed by atoms with van der Waals surface area (Å²) in [4.78, 5) is 11.8. The number of unbranched alkanes of at least 4 members (excludes halogenated alkanes) is 1. The summed E-state index contributed by atoms with van der Waals surface area (Å²) >= 11 is 0. The van der Waals surface area contributed by atoms with Crippen molar-refractivity contribution in [3.63, 3.8) is 0 Å². The first kappa shape index (κ1) is 17.5. The summed E-state index contributed by atoms with van der Waals surface area (Å²) in [5.41, 5.74) is 1.09. The SMILES string of the molecule is CCCC[C@H](O)Cc1ccccc1NC(=O)OC(C)(C)C. The minimum absolute atomic E-state index is 0.383. The van der Waals surface area contributed by atoms with Crippen molar-refractivity contribution in [2.45, 2.75) is 65.1 Å². The molecule has 0 aliphatic carbocycles. The van der Waals surface area contributed by atoms with Gasteiger partial charge in [-0.15, -0.1) is 0 Å². The van der Waals surface area contributed by atoms with E-state index < -0.39 is 11.7 Å². The Kier molecular flexibility index (Phi) is 6.69. The molecule has 0 spiro atoms. The molecule has 0 saturated carbocycles. The highest BCUT2D eigenvalue weighted by atomic mass is 16.6. The molecule has 0 aliphatic heterocycles. The molecule has 21 heavy (non-hydrogen) atoms. The van der Waals surface area contributed by atoms with Gasteiger partial charge in [0.1, 0.15) is 5.60 Å². The van der Waals surface area contributed by atoms with Crippen LogP contribution in [-0.2, 0) is 11.2 Å². The van der Waals surface area contributed by atoms with Crippen LogP contribution in [-0.4, -0.2) is 22.9 Å². The number of aliphatic hydroxyl groups excluding tert-OH is 1. The standard InChI is InChI=1S/C17H27NO3/c1-5-6-10-14(19)12-13-9-7-8-11-15(13)18-16(20)21-17(2,3)4/h7-9,11,14,19H,5-6,10,12H2,1-4H3,(H,18,20)/t14-/m0/s1. The highest BCUT2D eigenvalue weighted by Crippen LogP contribution is 2.19. The maximum atomic E-state index is 11.8. The van der Waals surface area contributed by atoms with Gasteiger partial charge in [-0.05, 0) is 38.8 Å². The molecular formula is C17H27NO3. The largest absolute Gasteiger partial charge is 0.444 e. The molecule has 0 aromatic heterocycles. The van der Waals surface area contributed by atoms with E-state index in [1.165, 1.54) is 0 Å². The number of hydrogen-bond donors (Lipinski definition) is 2. The molecule has 1 amide bonds. The van der Waals surface area contributed by atoms with Gasteiger partial charge < -0.3 is 9.84 Å². The minimum Gasteiger partial charge on any atom is -0.444 e. The molecule has 1 aromatic carbocycles. The van der Waals surface area contributed by atoms with Crippen molar-refractivity contribution in [2.75, 3.05) is 5.32 Å². The van der Waals surface area contributed by atoms with Crippen LogP contribution < -0.4 is 5.32 Å². The number of rotatable bonds is 6. The zero-order chi connectivity index (χ0) is 15.9. The van der Waals surface area contributed by atoms with Gasteiger partial charge >= 0.3 is 6.09 Å². The van der Waals surface area contributed by atoms with E-state index in [4.69, 9.17) is 4.74 Å².